The number of H-pyrrole nitrogens is 1. The topological polar surface area (TPSA) is 93.5 Å². The highest BCUT2D eigenvalue weighted by molar-refractivity contribution is 6.99. The van der Waals surface area contributed by atoms with Crippen molar-refractivity contribution in [3.05, 3.63) is 93.8 Å². The van der Waals surface area contributed by atoms with Gasteiger partial charge in [0.1, 0.15) is 17.1 Å². The Morgan fingerprint density at radius 1 is 1.06 bits per heavy atom. The molecule has 1 saturated heterocycles. The first-order valence-corrected chi connectivity index (χ1v) is 14.6. The van der Waals surface area contributed by atoms with Crippen LogP contribution < -0.4 is 21.6 Å². The van der Waals surface area contributed by atoms with Crippen LogP contribution in [0.1, 0.15) is 27.0 Å². The number of alkyl halides is 2. The summed E-state index contributed by atoms with van der Waals surface area (Å²) in [6.45, 7) is 6.38. The fourth-order valence-electron chi connectivity index (χ4n) is 4.92. The highest BCUT2D eigenvalue weighted by Gasteiger charge is 2.58. The Kier molecular flexibility index (Phi) is 7.67. The van der Waals surface area contributed by atoms with Gasteiger partial charge in [-0.05, 0) is 15.4 Å². The second-order valence-electron chi connectivity index (χ2n) is 10.1. The molecule has 7 nitrogen and oxygen atoms in total. The molecule has 1 aliphatic heterocycles. The fraction of sp³-hybridized carbons (Fsp3) is 0.385. The molecule has 2 N–H and O–H groups in total. The minimum atomic E-state index is -2.96. The molecule has 0 saturated carbocycles. The van der Waals surface area contributed by atoms with Crippen molar-refractivity contribution in [3.8, 4) is 0 Å². The Labute approximate surface area is 220 Å². The average molecular weight is 550 g/mol. The first-order chi connectivity index (χ1) is 17.1. The van der Waals surface area contributed by atoms with E-state index in [9.17, 15) is 14.7 Å². The smallest absolute Gasteiger partial charge is 0.330 e. The van der Waals surface area contributed by atoms with Crippen molar-refractivity contribution in [2.45, 2.75) is 49.1 Å². The maximum atomic E-state index is 12.4. The molecular formula is C26H30Cl2N2O5Si. The number of nitrogens with one attached hydrogen (secondary N) is 1. The summed E-state index contributed by atoms with van der Waals surface area (Å²) in [4.78, 5) is 26.2. The molecule has 0 bridgehead atoms. The van der Waals surface area contributed by atoms with Crippen LogP contribution in [0.3, 0.4) is 0 Å². The first kappa shape index (κ1) is 26.8. The Morgan fingerprint density at radius 2 is 1.61 bits per heavy atom. The van der Waals surface area contributed by atoms with Crippen LogP contribution in [0.2, 0.25) is 5.04 Å². The molecule has 0 amide bonds. The molecule has 0 aliphatic carbocycles. The molecule has 0 spiro atoms. The van der Waals surface area contributed by atoms with Crippen LogP contribution in [0.25, 0.3) is 0 Å². The van der Waals surface area contributed by atoms with Gasteiger partial charge in [0, 0.05) is 12.3 Å². The maximum absolute atomic E-state index is 12.4. The molecule has 36 heavy (non-hydrogen) atoms. The molecule has 10 heteroatoms. The van der Waals surface area contributed by atoms with Crippen molar-refractivity contribution in [1.29, 1.82) is 0 Å². The SMILES string of the molecule is CC(C)(C)[Si](OC[C@@]1(CCl)O[C@@H](n2ccc(=O)[nH]c2=O)[C@H](Cl)[C@@H]1O)(c1ccccc1)c1ccccc1. The van der Waals surface area contributed by atoms with Crippen LogP contribution in [0.15, 0.2) is 82.5 Å². The molecule has 2 aromatic carbocycles. The zero-order valence-electron chi connectivity index (χ0n) is 20.4. The molecule has 0 radical (unpaired) electrons. The lowest BCUT2D eigenvalue weighted by Crippen LogP contribution is -2.68. The third kappa shape index (κ3) is 4.62. The van der Waals surface area contributed by atoms with Gasteiger partial charge in [-0.15, -0.1) is 23.2 Å². The fourth-order valence-corrected chi connectivity index (χ4v) is 10.2. The van der Waals surface area contributed by atoms with Crippen LogP contribution in [-0.2, 0) is 9.16 Å². The quantitative estimate of drug-likeness (QED) is 0.349. The number of rotatable bonds is 7. The number of nitrogens with zero attached hydrogens (tertiary/aromatic N) is 1. The van der Waals surface area contributed by atoms with E-state index in [1.807, 2.05) is 36.4 Å². The van der Waals surface area contributed by atoms with Gasteiger partial charge in [0.05, 0.1) is 12.5 Å². The number of aliphatic hydroxyl groups is 1. The highest BCUT2D eigenvalue weighted by atomic mass is 35.5. The number of benzene rings is 2. The standard InChI is InChI=1S/C26H30Cl2N2O5Si/c1-25(2,3)36(18-10-6-4-7-11-18,19-12-8-5-9-13-19)34-17-26(16-27)22(32)21(28)23(35-26)30-15-14-20(31)29-24(30)33/h4-15,21-23,32H,16-17H2,1-3H3,(H,29,31,33)/t21-,22+,23-,26-/m1/s1. The summed E-state index contributed by atoms with van der Waals surface area (Å²) in [6.07, 6.45) is -0.993. The van der Waals surface area contributed by atoms with Gasteiger partial charge in [-0.3, -0.25) is 14.3 Å². The summed E-state index contributed by atoms with van der Waals surface area (Å²) < 4.78 is 14.3. The van der Waals surface area contributed by atoms with E-state index in [0.717, 1.165) is 14.9 Å². The number of ether oxygens (including phenoxy) is 1. The lowest BCUT2D eigenvalue weighted by atomic mass is 10.00. The van der Waals surface area contributed by atoms with Crippen molar-refractivity contribution < 1.29 is 14.3 Å². The van der Waals surface area contributed by atoms with Crippen molar-refractivity contribution in [2.24, 2.45) is 0 Å². The maximum Gasteiger partial charge on any atom is 0.330 e. The highest BCUT2D eigenvalue weighted by Crippen LogP contribution is 2.43. The number of hydrogen-bond acceptors (Lipinski definition) is 5. The number of aromatic nitrogens is 2. The molecule has 4 rings (SSSR count). The summed E-state index contributed by atoms with van der Waals surface area (Å²) >= 11 is 13.0. The van der Waals surface area contributed by atoms with E-state index >= 15 is 0 Å². The van der Waals surface area contributed by atoms with Crippen molar-refractivity contribution in [3.63, 3.8) is 0 Å². The predicted molar refractivity (Wildman–Crippen MR) is 144 cm³/mol. The molecular weight excluding hydrogens is 519 g/mol. The number of aromatic amines is 1. The lowest BCUT2D eigenvalue weighted by Gasteiger charge is -2.45. The van der Waals surface area contributed by atoms with Gasteiger partial charge in [-0.2, -0.15) is 0 Å². The summed E-state index contributed by atoms with van der Waals surface area (Å²) in [7, 11) is -2.96. The Bertz CT molecular complexity index is 1260. The van der Waals surface area contributed by atoms with Gasteiger partial charge < -0.3 is 14.3 Å². The van der Waals surface area contributed by atoms with E-state index in [-0.39, 0.29) is 17.5 Å². The number of hydrogen-bond donors (Lipinski definition) is 2. The molecule has 192 valence electrons. The second-order valence-corrected chi connectivity index (χ2v) is 15.1. The normalized spacial score (nSPS) is 24.7. The second kappa shape index (κ2) is 10.3. The number of halogens is 2. The van der Waals surface area contributed by atoms with Crippen LogP contribution in [-0.4, -0.2) is 52.5 Å². The molecule has 1 fully saturated rings. The zero-order valence-corrected chi connectivity index (χ0v) is 22.9. The van der Waals surface area contributed by atoms with Crippen LogP contribution in [0.5, 0.6) is 0 Å². The van der Waals surface area contributed by atoms with Gasteiger partial charge in [0.2, 0.25) is 0 Å². The van der Waals surface area contributed by atoms with E-state index in [1.165, 1.54) is 12.3 Å². The minimum Gasteiger partial charge on any atom is -0.404 e. The molecule has 1 aliphatic rings. The average Bonchev–Trinajstić information content (AvgIpc) is 3.10. The van der Waals surface area contributed by atoms with E-state index in [2.05, 4.69) is 50.0 Å². The Hall–Kier alpha value is -2.20. The van der Waals surface area contributed by atoms with Gasteiger partial charge in [-0.25, -0.2) is 4.79 Å². The third-order valence-corrected chi connectivity index (χ3v) is 12.7. The van der Waals surface area contributed by atoms with Crippen LogP contribution >= 0.6 is 23.2 Å². The summed E-state index contributed by atoms with van der Waals surface area (Å²) in [5.74, 6) is -0.121. The van der Waals surface area contributed by atoms with Crippen LogP contribution in [0, 0.1) is 0 Å². The molecule has 4 atom stereocenters. The molecule has 3 aromatic rings. The molecule has 0 unspecified atom stereocenters. The summed E-state index contributed by atoms with van der Waals surface area (Å²) in [5, 5.41) is 12.1. The summed E-state index contributed by atoms with van der Waals surface area (Å²) in [6, 6.07) is 21.3. The first-order valence-electron chi connectivity index (χ1n) is 11.7. The van der Waals surface area contributed by atoms with Gasteiger partial charge in [-0.1, -0.05) is 81.4 Å². The zero-order chi connectivity index (χ0) is 26.1. The third-order valence-electron chi connectivity index (χ3n) is 6.77. The van der Waals surface area contributed by atoms with E-state index in [1.54, 1.807) is 0 Å². The van der Waals surface area contributed by atoms with Crippen molar-refractivity contribution >= 4 is 41.9 Å². The van der Waals surface area contributed by atoms with E-state index in [4.69, 9.17) is 32.4 Å². The molecule has 1 aromatic heterocycles. The monoisotopic (exact) mass is 548 g/mol. The van der Waals surface area contributed by atoms with E-state index < -0.39 is 42.9 Å². The van der Waals surface area contributed by atoms with Gasteiger partial charge in [0.15, 0.2) is 6.23 Å². The van der Waals surface area contributed by atoms with Crippen LogP contribution in [0.4, 0.5) is 0 Å². The summed E-state index contributed by atoms with van der Waals surface area (Å²) in [5.41, 5.74) is -2.62. The Balaban J connectivity index is 1.77. The van der Waals surface area contributed by atoms with Gasteiger partial charge in [0.25, 0.3) is 13.9 Å². The lowest BCUT2D eigenvalue weighted by molar-refractivity contribution is -0.111. The largest absolute Gasteiger partial charge is 0.404 e. The molecule has 2 heterocycles. The Morgan fingerprint density at radius 3 is 2.08 bits per heavy atom. The van der Waals surface area contributed by atoms with Gasteiger partial charge >= 0.3 is 5.69 Å². The minimum absolute atomic E-state index is 0.0528. The van der Waals surface area contributed by atoms with E-state index in [0.29, 0.717) is 0 Å². The van der Waals surface area contributed by atoms with Crippen molar-refractivity contribution in [1.82, 2.24) is 9.55 Å². The predicted octanol–water partition coefficient (Wildman–Crippen LogP) is 2.59. The van der Waals surface area contributed by atoms with Crippen molar-refractivity contribution in [2.75, 3.05) is 12.5 Å². The number of aliphatic hydroxyl groups excluding tert-OH is 1.